The number of hydrogen-bond donors (Lipinski definition) is 1. The number of hydrazine groups is 1. The first-order chi connectivity index (χ1) is 13.0. The minimum absolute atomic E-state index is 0.145. The van der Waals surface area contributed by atoms with Crippen molar-refractivity contribution >= 4 is 23.6 Å². The zero-order valence-electron chi connectivity index (χ0n) is 13.8. The maximum Gasteiger partial charge on any atom is 0.282 e. The van der Waals surface area contributed by atoms with Gasteiger partial charge in [0.1, 0.15) is 28.7 Å². The molecule has 0 spiro atoms. The van der Waals surface area contributed by atoms with Crippen molar-refractivity contribution in [3.05, 3.63) is 83.6 Å². The van der Waals surface area contributed by atoms with Crippen LogP contribution in [0.4, 0.5) is 14.5 Å². The quantitative estimate of drug-likeness (QED) is 0.568. The lowest BCUT2D eigenvalue weighted by molar-refractivity contribution is -0.117. The van der Waals surface area contributed by atoms with Gasteiger partial charge in [-0.05, 0) is 54.6 Å². The molecule has 2 aromatic carbocycles. The van der Waals surface area contributed by atoms with Gasteiger partial charge in [-0.15, -0.1) is 0 Å². The Morgan fingerprint density at radius 3 is 2.41 bits per heavy atom. The van der Waals surface area contributed by atoms with Gasteiger partial charge < -0.3 is 4.42 Å². The third kappa shape index (κ3) is 3.10. The van der Waals surface area contributed by atoms with E-state index in [1.807, 2.05) is 0 Å². The second kappa shape index (κ2) is 6.53. The Hall–Kier alpha value is -3.74. The smallest absolute Gasteiger partial charge is 0.282 e. The molecule has 0 bridgehead atoms. The van der Waals surface area contributed by atoms with E-state index in [2.05, 4.69) is 5.43 Å². The van der Waals surface area contributed by atoms with Crippen LogP contribution in [0.2, 0.25) is 0 Å². The van der Waals surface area contributed by atoms with Crippen LogP contribution in [0.1, 0.15) is 5.76 Å². The highest BCUT2D eigenvalue weighted by Gasteiger charge is 2.34. The molecule has 1 aromatic heterocycles. The number of furan rings is 1. The average Bonchev–Trinajstić information content (AvgIpc) is 3.23. The van der Waals surface area contributed by atoms with Gasteiger partial charge >= 0.3 is 0 Å². The summed E-state index contributed by atoms with van der Waals surface area (Å²) in [7, 11) is 0. The van der Waals surface area contributed by atoms with Crippen molar-refractivity contribution in [2.45, 2.75) is 0 Å². The molecule has 1 aliphatic rings. The largest absolute Gasteiger partial charge is 0.457 e. The second-order valence-corrected chi connectivity index (χ2v) is 5.80. The Labute approximate surface area is 152 Å². The fourth-order valence-corrected chi connectivity index (χ4v) is 2.71. The van der Waals surface area contributed by atoms with Gasteiger partial charge in [-0.3, -0.25) is 15.0 Å². The van der Waals surface area contributed by atoms with E-state index in [1.54, 1.807) is 24.3 Å². The maximum absolute atomic E-state index is 13.9. The number of amides is 2. The Balaban J connectivity index is 1.63. The van der Waals surface area contributed by atoms with Gasteiger partial charge in [0.05, 0.1) is 11.3 Å². The Morgan fingerprint density at radius 1 is 0.926 bits per heavy atom. The molecular formula is C20H12F2N2O3. The Kier molecular flexibility index (Phi) is 4.04. The number of rotatable bonds is 3. The van der Waals surface area contributed by atoms with Gasteiger partial charge in [-0.25, -0.2) is 13.8 Å². The highest BCUT2D eigenvalue weighted by molar-refractivity contribution is 6.31. The van der Waals surface area contributed by atoms with Crippen molar-refractivity contribution in [2.75, 3.05) is 5.01 Å². The van der Waals surface area contributed by atoms with Crippen molar-refractivity contribution in [1.82, 2.24) is 5.43 Å². The number of nitrogens with one attached hydrogen (secondary N) is 1. The van der Waals surface area contributed by atoms with Crippen LogP contribution in [0.25, 0.3) is 17.4 Å². The van der Waals surface area contributed by atoms with Gasteiger partial charge in [0, 0.05) is 0 Å². The summed E-state index contributed by atoms with van der Waals surface area (Å²) in [5.74, 6) is -1.61. The van der Waals surface area contributed by atoms with Crippen molar-refractivity contribution < 1.29 is 22.8 Å². The van der Waals surface area contributed by atoms with Crippen molar-refractivity contribution in [3.63, 3.8) is 0 Å². The predicted molar refractivity (Wildman–Crippen MR) is 94.1 cm³/mol. The van der Waals surface area contributed by atoms with Crippen molar-refractivity contribution in [1.29, 1.82) is 0 Å². The van der Waals surface area contributed by atoms with E-state index in [9.17, 15) is 18.4 Å². The molecule has 3 aromatic rings. The van der Waals surface area contributed by atoms with Crippen LogP contribution in [0.5, 0.6) is 0 Å². The fraction of sp³-hybridized carbons (Fsp3) is 0. The van der Waals surface area contributed by atoms with Crippen LogP contribution >= 0.6 is 0 Å². The summed E-state index contributed by atoms with van der Waals surface area (Å²) < 4.78 is 32.4. The summed E-state index contributed by atoms with van der Waals surface area (Å²) in [6, 6.07) is 14.3. The molecule has 2 amide bonds. The summed E-state index contributed by atoms with van der Waals surface area (Å²) in [5, 5.41) is 1.02. The molecular weight excluding hydrogens is 354 g/mol. The SMILES string of the molecule is O=C1NN(c2ccc(F)cc2)C(=O)/C1=C\c1ccc(-c2ccccc2F)o1. The topological polar surface area (TPSA) is 62.6 Å². The normalized spacial score (nSPS) is 15.5. The summed E-state index contributed by atoms with van der Waals surface area (Å²) in [4.78, 5) is 24.7. The minimum atomic E-state index is -0.617. The zero-order valence-corrected chi connectivity index (χ0v) is 13.8. The van der Waals surface area contributed by atoms with Crippen LogP contribution in [0, 0.1) is 11.6 Å². The van der Waals surface area contributed by atoms with E-state index in [1.165, 1.54) is 42.5 Å². The molecule has 0 unspecified atom stereocenters. The van der Waals surface area contributed by atoms with E-state index < -0.39 is 23.4 Å². The zero-order chi connectivity index (χ0) is 19.0. The van der Waals surface area contributed by atoms with E-state index in [0.717, 1.165) is 5.01 Å². The molecule has 0 aliphatic carbocycles. The standard InChI is InChI=1S/C20H12F2N2O3/c21-12-5-7-13(8-6-12)24-20(26)16(19(25)23-24)11-14-9-10-18(27-14)15-3-1-2-4-17(15)22/h1-11H,(H,23,25)/b16-11-. The summed E-state index contributed by atoms with van der Waals surface area (Å²) >= 11 is 0. The van der Waals surface area contributed by atoms with Crippen molar-refractivity contribution in [2.24, 2.45) is 0 Å². The number of halogens is 2. The Morgan fingerprint density at radius 2 is 1.67 bits per heavy atom. The van der Waals surface area contributed by atoms with E-state index in [4.69, 9.17) is 4.42 Å². The first-order valence-electron chi connectivity index (χ1n) is 8.00. The van der Waals surface area contributed by atoms with Crippen LogP contribution < -0.4 is 10.4 Å². The van der Waals surface area contributed by atoms with Gasteiger partial charge in [-0.1, -0.05) is 12.1 Å². The predicted octanol–water partition coefficient (Wildman–Crippen LogP) is 3.69. The number of benzene rings is 2. The molecule has 4 rings (SSSR count). The third-order valence-corrected chi connectivity index (χ3v) is 4.03. The van der Waals surface area contributed by atoms with Crippen molar-refractivity contribution in [3.8, 4) is 11.3 Å². The monoisotopic (exact) mass is 366 g/mol. The lowest BCUT2D eigenvalue weighted by Crippen LogP contribution is -2.35. The molecule has 5 nitrogen and oxygen atoms in total. The molecule has 1 saturated heterocycles. The fourth-order valence-electron chi connectivity index (χ4n) is 2.71. The summed E-state index contributed by atoms with van der Waals surface area (Å²) in [5.41, 5.74) is 2.86. The Bertz CT molecular complexity index is 1070. The van der Waals surface area contributed by atoms with Crippen LogP contribution in [0.3, 0.4) is 0 Å². The second-order valence-electron chi connectivity index (χ2n) is 5.80. The molecule has 1 fully saturated rings. The molecule has 134 valence electrons. The lowest BCUT2D eigenvalue weighted by atomic mass is 10.1. The number of nitrogens with zero attached hydrogens (tertiary/aromatic N) is 1. The average molecular weight is 366 g/mol. The van der Waals surface area contributed by atoms with E-state index in [0.29, 0.717) is 5.69 Å². The summed E-state index contributed by atoms with van der Waals surface area (Å²) in [6.45, 7) is 0. The number of carbonyl (C=O) groups excluding carboxylic acids is 2. The molecule has 27 heavy (non-hydrogen) atoms. The molecule has 0 radical (unpaired) electrons. The molecule has 1 aliphatic heterocycles. The third-order valence-electron chi connectivity index (χ3n) is 4.03. The van der Waals surface area contributed by atoms with Crippen LogP contribution in [-0.2, 0) is 9.59 Å². The highest BCUT2D eigenvalue weighted by Crippen LogP contribution is 2.27. The maximum atomic E-state index is 13.9. The van der Waals surface area contributed by atoms with Gasteiger partial charge in [0.15, 0.2) is 0 Å². The lowest BCUT2D eigenvalue weighted by Gasteiger charge is -2.14. The molecule has 2 heterocycles. The molecule has 0 saturated carbocycles. The number of anilines is 1. The minimum Gasteiger partial charge on any atom is -0.457 e. The van der Waals surface area contributed by atoms with Crippen LogP contribution in [0.15, 0.2) is 70.7 Å². The molecule has 0 atom stereocenters. The van der Waals surface area contributed by atoms with E-state index >= 15 is 0 Å². The van der Waals surface area contributed by atoms with Gasteiger partial charge in [0.2, 0.25) is 0 Å². The van der Waals surface area contributed by atoms with Gasteiger partial charge in [-0.2, -0.15) is 0 Å². The van der Waals surface area contributed by atoms with Gasteiger partial charge in [0.25, 0.3) is 11.8 Å². The first kappa shape index (κ1) is 16.7. The molecule has 7 heteroatoms. The van der Waals surface area contributed by atoms with E-state index in [-0.39, 0.29) is 22.7 Å². The molecule has 1 N–H and O–H groups in total. The highest BCUT2D eigenvalue weighted by atomic mass is 19.1. The number of hydrogen-bond acceptors (Lipinski definition) is 3. The first-order valence-corrected chi connectivity index (χ1v) is 8.00. The number of carbonyl (C=O) groups is 2. The summed E-state index contributed by atoms with van der Waals surface area (Å²) in [6.07, 6.45) is 1.28. The van der Waals surface area contributed by atoms with Crippen LogP contribution in [-0.4, -0.2) is 11.8 Å².